The first-order valence-corrected chi connectivity index (χ1v) is 5.30. The van der Waals surface area contributed by atoms with Gasteiger partial charge in [-0.1, -0.05) is 6.92 Å². The molecule has 1 saturated carbocycles. The van der Waals surface area contributed by atoms with Crippen molar-refractivity contribution in [1.29, 1.82) is 0 Å². The molecule has 4 heteroatoms. The van der Waals surface area contributed by atoms with E-state index in [1.807, 2.05) is 6.92 Å². The Morgan fingerprint density at radius 1 is 1.43 bits per heavy atom. The number of aliphatic hydroxyl groups is 1. The van der Waals surface area contributed by atoms with Crippen LogP contribution in [0, 0.1) is 11.8 Å². The Hall–Kier alpha value is -0.610. The predicted molar refractivity (Wildman–Crippen MR) is 52.5 cm³/mol. The number of aliphatic hydroxyl groups excluding tert-OH is 1. The molecular formula is C10H18N2O2. The summed E-state index contributed by atoms with van der Waals surface area (Å²) < 4.78 is 0. The molecule has 1 amide bonds. The normalized spacial score (nSPS) is 42.4. The van der Waals surface area contributed by atoms with Crippen LogP contribution >= 0.6 is 0 Å². The third-order valence-corrected chi connectivity index (χ3v) is 3.41. The van der Waals surface area contributed by atoms with Crippen molar-refractivity contribution in [1.82, 2.24) is 4.90 Å². The summed E-state index contributed by atoms with van der Waals surface area (Å²) >= 11 is 0. The third-order valence-electron chi connectivity index (χ3n) is 3.41. The number of nitrogens with zero attached hydrogens (tertiary/aromatic N) is 1. The molecule has 80 valence electrons. The van der Waals surface area contributed by atoms with Gasteiger partial charge >= 0.3 is 0 Å². The maximum atomic E-state index is 11.8. The fourth-order valence-electron chi connectivity index (χ4n) is 2.25. The minimum Gasteiger partial charge on any atom is -0.391 e. The molecule has 0 radical (unpaired) electrons. The lowest BCUT2D eigenvalue weighted by atomic mass is 9.80. The zero-order valence-electron chi connectivity index (χ0n) is 8.52. The lowest BCUT2D eigenvalue weighted by Gasteiger charge is -2.34. The summed E-state index contributed by atoms with van der Waals surface area (Å²) in [6, 6.07) is 0.217. The van der Waals surface area contributed by atoms with E-state index in [1.165, 1.54) is 0 Å². The van der Waals surface area contributed by atoms with Gasteiger partial charge in [0.2, 0.25) is 5.91 Å². The molecule has 2 fully saturated rings. The highest BCUT2D eigenvalue weighted by Crippen LogP contribution is 2.29. The van der Waals surface area contributed by atoms with Crippen LogP contribution in [0.4, 0.5) is 0 Å². The molecule has 1 saturated heterocycles. The number of carbonyl (C=O) groups is 1. The van der Waals surface area contributed by atoms with E-state index in [1.54, 1.807) is 4.90 Å². The average Bonchev–Trinajstić information content (AvgIpc) is 2.41. The van der Waals surface area contributed by atoms with E-state index < -0.39 is 0 Å². The van der Waals surface area contributed by atoms with Gasteiger partial charge in [-0.2, -0.15) is 0 Å². The molecular weight excluding hydrogens is 180 g/mol. The van der Waals surface area contributed by atoms with E-state index in [9.17, 15) is 9.90 Å². The molecule has 2 rings (SSSR count). The van der Waals surface area contributed by atoms with Crippen molar-refractivity contribution in [3.8, 4) is 0 Å². The van der Waals surface area contributed by atoms with Gasteiger partial charge < -0.3 is 15.7 Å². The first kappa shape index (κ1) is 9.93. The van der Waals surface area contributed by atoms with Crippen LogP contribution in [0.5, 0.6) is 0 Å². The summed E-state index contributed by atoms with van der Waals surface area (Å²) in [6.07, 6.45) is 1.30. The number of rotatable bonds is 1. The van der Waals surface area contributed by atoms with Gasteiger partial charge in [-0.05, 0) is 12.8 Å². The topological polar surface area (TPSA) is 66.6 Å². The SMILES string of the molecule is CC1CN(C(=O)C2CC(N)C2)CC1O. The largest absolute Gasteiger partial charge is 0.391 e. The molecule has 0 spiro atoms. The molecule has 2 unspecified atom stereocenters. The Kier molecular flexibility index (Phi) is 2.49. The standard InChI is InChI=1S/C10H18N2O2/c1-6-4-12(5-9(6)13)10(14)7-2-8(11)3-7/h6-9,13H,2-5,11H2,1H3. The second-order valence-corrected chi connectivity index (χ2v) is 4.72. The smallest absolute Gasteiger partial charge is 0.225 e. The fraction of sp³-hybridized carbons (Fsp3) is 0.900. The highest BCUT2D eigenvalue weighted by atomic mass is 16.3. The summed E-state index contributed by atoms with van der Waals surface area (Å²) in [7, 11) is 0. The Bertz CT molecular complexity index is 228. The van der Waals surface area contributed by atoms with Crippen LogP contribution in [0.2, 0.25) is 0 Å². The molecule has 14 heavy (non-hydrogen) atoms. The van der Waals surface area contributed by atoms with E-state index in [4.69, 9.17) is 5.73 Å². The van der Waals surface area contributed by atoms with E-state index in [-0.39, 0.29) is 29.9 Å². The summed E-state index contributed by atoms with van der Waals surface area (Å²) in [6.45, 7) is 3.18. The molecule has 1 heterocycles. The summed E-state index contributed by atoms with van der Waals surface area (Å²) in [5.74, 6) is 0.533. The van der Waals surface area contributed by atoms with Crippen molar-refractivity contribution in [2.24, 2.45) is 17.6 Å². The van der Waals surface area contributed by atoms with Gasteiger partial charge in [-0.3, -0.25) is 4.79 Å². The van der Waals surface area contributed by atoms with Gasteiger partial charge in [0.25, 0.3) is 0 Å². The molecule has 3 N–H and O–H groups in total. The van der Waals surface area contributed by atoms with Crippen LogP contribution in [-0.2, 0) is 4.79 Å². The van der Waals surface area contributed by atoms with Crippen molar-refractivity contribution >= 4 is 5.91 Å². The van der Waals surface area contributed by atoms with Crippen molar-refractivity contribution in [2.45, 2.75) is 31.9 Å². The van der Waals surface area contributed by atoms with Gasteiger partial charge in [-0.15, -0.1) is 0 Å². The Morgan fingerprint density at radius 2 is 2.07 bits per heavy atom. The molecule has 0 aromatic carbocycles. The summed E-state index contributed by atoms with van der Waals surface area (Å²) in [4.78, 5) is 13.6. The highest BCUT2D eigenvalue weighted by Gasteiger charge is 2.38. The second kappa shape index (κ2) is 3.51. The van der Waals surface area contributed by atoms with Crippen molar-refractivity contribution < 1.29 is 9.90 Å². The van der Waals surface area contributed by atoms with E-state index in [0.29, 0.717) is 13.1 Å². The van der Waals surface area contributed by atoms with E-state index in [2.05, 4.69) is 0 Å². The number of β-amino-alcohol motifs (C(OH)–C–C–N with tert-alkyl or cyclic N) is 1. The Balaban J connectivity index is 1.87. The molecule has 2 aliphatic rings. The molecule has 1 aliphatic carbocycles. The minimum atomic E-state index is -0.340. The van der Waals surface area contributed by atoms with Gasteiger partial charge in [0.05, 0.1) is 6.10 Å². The van der Waals surface area contributed by atoms with Crippen molar-refractivity contribution in [2.75, 3.05) is 13.1 Å². The van der Waals surface area contributed by atoms with Gasteiger partial charge in [0.15, 0.2) is 0 Å². The van der Waals surface area contributed by atoms with Crippen LogP contribution in [0.25, 0.3) is 0 Å². The number of hydrogen-bond acceptors (Lipinski definition) is 3. The third kappa shape index (κ3) is 1.64. The number of likely N-dealkylation sites (tertiary alicyclic amines) is 1. The summed E-state index contributed by atoms with van der Waals surface area (Å²) in [5.41, 5.74) is 5.64. The lowest BCUT2D eigenvalue weighted by molar-refractivity contribution is -0.138. The number of hydrogen-bond donors (Lipinski definition) is 2. The predicted octanol–water partition coefficient (Wildman–Crippen LogP) is -0.437. The lowest BCUT2D eigenvalue weighted by Crippen LogP contribution is -2.46. The van der Waals surface area contributed by atoms with Gasteiger partial charge in [0.1, 0.15) is 0 Å². The first-order valence-electron chi connectivity index (χ1n) is 5.30. The fourth-order valence-corrected chi connectivity index (χ4v) is 2.25. The zero-order chi connectivity index (χ0) is 10.3. The minimum absolute atomic E-state index is 0.127. The second-order valence-electron chi connectivity index (χ2n) is 4.72. The molecule has 2 atom stereocenters. The maximum absolute atomic E-state index is 11.8. The number of amides is 1. The summed E-state index contributed by atoms with van der Waals surface area (Å²) in [5, 5.41) is 9.52. The quantitative estimate of drug-likeness (QED) is 0.600. The number of carbonyl (C=O) groups excluding carboxylic acids is 1. The molecule has 1 aliphatic heterocycles. The highest BCUT2D eigenvalue weighted by molar-refractivity contribution is 5.80. The van der Waals surface area contributed by atoms with Gasteiger partial charge in [-0.25, -0.2) is 0 Å². The van der Waals surface area contributed by atoms with Crippen LogP contribution in [0.1, 0.15) is 19.8 Å². The van der Waals surface area contributed by atoms with Crippen LogP contribution in [0.3, 0.4) is 0 Å². The Labute approximate surface area is 84.1 Å². The molecule has 0 aromatic rings. The molecule has 0 bridgehead atoms. The number of nitrogens with two attached hydrogens (primary N) is 1. The van der Waals surface area contributed by atoms with Crippen LogP contribution in [-0.4, -0.2) is 41.1 Å². The molecule has 4 nitrogen and oxygen atoms in total. The van der Waals surface area contributed by atoms with Crippen LogP contribution in [0.15, 0.2) is 0 Å². The maximum Gasteiger partial charge on any atom is 0.225 e. The van der Waals surface area contributed by atoms with Crippen molar-refractivity contribution in [3.63, 3.8) is 0 Å². The zero-order valence-corrected chi connectivity index (χ0v) is 8.52. The van der Waals surface area contributed by atoms with E-state index >= 15 is 0 Å². The van der Waals surface area contributed by atoms with Gasteiger partial charge in [0, 0.05) is 31.0 Å². The first-order chi connectivity index (χ1) is 6.58. The monoisotopic (exact) mass is 198 g/mol. The average molecular weight is 198 g/mol. The molecule has 0 aromatic heterocycles. The van der Waals surface area contributed by atoms with E-state index in [0.717, 1.165) is 12.8 Å². The Morgan fingerprint density at radius 3 is 2.50 bits per heavy atom. The van der Waals surface area contributed by atoms with Crippen molar-refractivity contribution in [3.05, 3.63) is 0 Å². The van der Waals surface area contributed by atoms with Crippen LogP contribution < -0.4 is 5.73 Å².